The van der Waals surface area contributed by atoms with Crippen molar-refractivity contribution < 1.29 is 19.3 Å². The quantitative estimate of drug-likeness (QED) is 0.690. The van der Waals surface area contributed by atoms with Crippen molar-refractivity contribution in [2.24, 2.45) is 0 Å². The molecule has 1 N–H and O–H groups in total. The summed E-state index contributed by atoms with van der Waals surface area (Å²) in [6.07, 6.45) is -0.609. The Kier molecular flexibility index (Phi) is 3.29. The first-order chi connectivity index (χ1) is 6.03. The van der Waals surface area contributed by atoms with Gasteiger partial charge in [-0.15, -0.1) is 0 Å². The van der Waals surface area contributed by atoms with Crippen LogP contribution in [0.5, 0.6) is 0 Å². The molecular weight excluding hydrogens is 172 g/mol. The third-order valence-corrected chi connectivity index (χ3v) is 2.74. The van der Waals surface area contributed by atoms with Crippen LogP contribution in [-0.2, 0) is 14.2 Å². The van der Waals surface area contributed by atoms with Crippen LogP contribution in [0, 0.1) is 0 Å². The number of aliphatic hydroxyl groups excluding tert-OH is 1. The molecule has 4 heteroatoms. The van der Waals surface area contributed by atoms with Crippen LogP contribution in [-0.4, -0.2) is 43.4 Å². The molecule has 4 nitrogen and oxygen atoms in total. The fourth-order valence-corrected chi connectivity index (χ4v) is 1.65. The van der Waals surface area contributed by atoms with E-state index in [2.05, 4.69) is 0 Å². The maximum atomic E-state index is 9.80. The summed E-state index contributed by atoms with van der Waals surface area (Å²) in [6, 6.07) is 0. The lowest BCUT2D eigenvalue weighted by Gasteiger charge is -2.43. The van der Waals surface area contributed by atoms with E-state index in [1.165, 1.54) is 0 Å². The molecule has 0 amide bonds. The molecule has 4 atom stereocenters. The van der Waals surface area contributed by atoms with Gasteiger partial charge < -0.3 is 19.3 Å². The molecule has 0 radical (unpaired) electrons. The number of hydrogen-bond donors (Lipinski definition) is 1. The second-order valence-corrected chi connectivity index (χ2v) is 3.67. The second kappa shape index (κ2) is 3.92. The van der Waals surface area contributed by atoms with Crippen molar-refractivity contribution in [2.45, 2.75) is 44.4 Å². The van der Waals surface area contributed by atoms with E-state index in [1.807, 2.05) is 13.8 Å². The van der Waals surface area contributed by atoms with Crippen molar-refractivity contribution in [3.05, 3.63) is 0 Å². The highest BCUT2D eigenvalue weighted by Crippen LogP contribution is 2.31. The molecule has 1 rings (SSSR count). The van der Waals surface area contributed by atoms with Crippen molar-refractivity contribution in [3.63, 3.8) is 0 Å². The van der Waals surface area contributed by atoms with Gasteiger partial charge in [0.2, 0.25) is 0 Å². The Morgan fingerprint density at radius 2 is 2.08 bits per heavy atom. The van der Waals surface area contributed by atoms with Gasteiger partial charge in [0.25, 0.3) is 0 Å². The van der Waals surface area contributed by atoms with Crippen LogP contribution in [0.3, 0.4) is 0 Å². The van der Waals surface area contributed by atoms with Crippen LogP contribution >= 0.6 is 0 Å². The average molecular weight is 190 g/mol. The lowest BCUT2D eigenvalue weighted by atomic mass is 9.88. The van der Waals surface area contributed by atoms with E-state index in [0.717, 1.165) is 0 Å². The number of methoxy groups -OCH3 is 2. The lowest BCUT2D eigenvalue weighted by Crippen LogP contribution is -2.56. The smallest absolute Gasteiger partial charge is 0.160 e. The molecule has 13 heavy (non-hydrogen) atoms. The van der Waals surface area contributed by atoms with E-state index in [1.54, 1.807) is 14.2 Å². The van der Waals surface area contributed by atoms with E-state index in [9.17, 15) is 5.11 Å². The number of hydrogen-bond acceptors (Lipinski definition) is 4. The third kappa shape index (κ3) is 2.02. The normalized spacial score (nSPS) is 46.4. The first-order valence-corrected chi connectivity index (χ1v) is 4.45. The first-order valence-electron chi connectivity index (χ1n) is 4.45. The van der Waals surface area contributed by atoms with Crippen molar-refractivity contribution in [2.75, 3.05) is 14.2 Å². The minimum Gasteiger partial charge on any atom is -0.387 e. The first kappa shape index (κ1) is 10.9. The van der Waals surface area contributed by atoms with Crippen LogP contribution in [0.1, 0.15) is 20.3 Å². The molecule has 0 aromatic heterocycles. The molecule has 1 unspecified atom stereocenters. The van der Waals surface area contributed by atoms with Crippen LogP contribution in [0.4, 0.5) is 0 Å². The van der Waals surface area contributed by atoms with Crippen molar-refractivity contribution >= 4 is 0 Å². The summed E-state index contributed by atoms with van der Waals surface area (Å²) in [7, 11) is 3.18. The van der Waals surface area contributed by atoms with Crippen LogP contribution in [0.2, 0.25) is 0 Å². The third-order valence-electron chi connectivity index (χ3n) is 2.74. The fourth-order valence-electron chi connectivity index (χ4n) is 1.65. The van der Waals surface area contributed by atoms with Crippen LogP contribution in [0.25, 0.3) is 0 Å². The number of aliphatic hydroxyl groups is 1. The predicted molar refractivity (Wildman–Crippen MR) is 47.4 cm³/mol. The van der Waals surface area contributed by atoms with E-state index in [-0.39, 0.29) is 12.4 Å². The van der Waals surface area contributed by atoms with Crippen LogP contribution in [0.15, 0.2) is 0 Å². The minimum absolute atomic E-state index is 0.261. The molecule has 0 spiro atoms. The zero-order valence-electron chi connectivity index (χ0n) is 8.61. The zero-order chi connectivity index (χ0) is 10.1. The van der Waals surface area contributed by atoms with Gasteiger partial charge in [-0.1, -0.05) is 0 Å². The Balaban J connectivity index is 2.71. The van der Waals surface area contributed by atoms with E-state index < -0.39 is 11.7 Å². The highest BCUT2D eigenvalue weighted by atomic mass is 16.7. The monoisotopic (exact) mass is 190 g/mol. The summed E-state index contributed by atoms with van der Waals surface area (Å²) in [6.45, 7) is 3.68. The van der Waals surface area contributed by atoms with Crippen LogP contribution < -0.4 is 0 Å². The lowest BCUT2D eigenvalue weighted by molar-refractivity contribution is -0.271. The van der Waals surface area contributed by atoms with Gasteiger partial charge in [0.1, 0.15) is 6.10 Å². The Hall–Kier alpha value is -0.160. The summed E-state index contributed by atoms with van der Waals surface area (Å²) in [5.74, 6) is 0. The van der Waals surface area contributed by atoms with Crippen molar-refractivity contribution in [3.8, 4) is 0 Å². The molecule has 1 aliphatic heterocycles. The molecule has 1 saturated heterocycles. The topological polar surface area (TPSA) is 47.9 Å². The highest BCUT2D eigenvalue weighted by Gasteiger charge is 2.44. The highest BCUT2D eigenvalue weighted by molar-refractivity contribution is 4.92. The van der Waals surface area contributed by atoms with Gasteiger partial charge in [0.15, 0.2) is 6.29 Å². The summed E-state index contributed by atoms with van der Waals surface area (Å²) in [5.41, 5.74) is -0.571. The zero-order valence-corrected chi connectivity index (χ0v) is 8.61. The molecule has 0 saturated carbocycles. The Labute approximate surface area is 78.8 Å². The van der Waals surface area contributed by atoms with Gasteiger partial charge in [-0.3, -0.25) is 0 Å². The number of ether oxygens (including phenoxy) is 3. The molecule has 0 aromatic carbocycles. The Bertz CT molecular complexity index is 173. The molecule has 1 fully saturated rings. The largest absolute Gasteiger partial charge is 0.387 e. The van der Waals surface area contributed by atoms with Crippen molar-refractivity contribution in [1.82, 2.24) is 0 Å². The van der Waals surface area contributed by atoms with Crippen molar-refractivity contribution in [1.29, 1.82) is 0 Å². The molecule has 78 valence electrons. The number of rotatable bonds is 2. The van der Waals surface area contributed by atoms with E-state index in [0.29, 0.717) is 6.42 Å². The van der Waals surface area contributed by atoms with Gasteiger partial charge in [-0.2, -0.15) is 0 Å². The predicted octanol–water partition coefficient (Wildman–Crippen LogP) is 0.534. The summed E-state index contributed by atoms with van der Waals surface area (Å²) >= 11 is 0. The van der Waals surface area contributed by atoms with Gasteiger partial charge in [0.05, 0.1) is 11.7 Å². The average Bonchev–Trinajstić information content (AvgIpc) is 2.13. The maximum Gasteiger partial charge on any atom is 0.160 e. The second-order valence-electron chi connectivity index (χ2n) is 3.67. The molecule has 0 bridgehead atoms. The fraction of sp³-hybridized carbons (Fsp3) is 1.00. The molecule has 1 aliphatic rings. The molecule has 1 heterocycles. The summed E-state index contributed by atoms with van der Waals surface area (Å²) < 4.78 is 15.8. The van der Waals surface area contributed by atoms with Gasteiger partial charge in [-0.05, 0) is 13.8 Å². The summed E-state index contributed by atoms with van der Waals surface area (Å²) in [5, 5.41) is 9.80. The SMILES string of the molecule is CO[C@H]1C[C@@](C)(OC)C(O)[C@H](C)O1. The Morgan fingerprint density at radius 3 is 2.54 bits per heavy atom. The molecule has 0 aliphatic carbocycles. The Morgan fingerprint density at radius 1 is 1.46 bits per heavy atom. The van der Waals surface area contributed by atoms with Gasteiger partial charge in [0, 0.05) is 20.6 Å². The maximum absolute atomic E-state index is 9.80. The molecular formula is C9H18O4. The molecule has 0 aromatic rings. The van der Waals surface area contributed by atoms with E-state index >= 15 is 0 Å². The van der Waals surface area contributed by atoms with Gasteiger partial charge >= 0.3 is 0 Å². The summed E-state index contributed by atoms with van der Waals surface area (Å²) in [4.78, 5) is 0. The standard InChI is InChI=1S/C9H18O4/c1-6-8(10)9(2,12-4)5-7(11-3)13-6/h6-8,10H,5H2,1-4H3/t6-,7+,8?,9+/m0/s1. The van der Waals surface area contributed by atoms with E-state index in [4.69, 9.17) is 14.2 Å². The minimum atomic E-state index is -0.608. The van der Waals surface area contributed by atoms with Gasteiger partial charge in [-0.25, -0.2) is 0 Å².